The van der Waals surface area contributed by atoms with Crippen molar-refractivity contribution in [3.63, 3.8) is 0 Å². The van der Waals surface area contributed by atoms with Gasteiger partial charge in [0, 0.05) is 38.6 Å². The van der Waals surface area contributed by atoms with Gasteiger partial charge in [-0.3, -0.25) is 0 Å². The Balaban J connectivity index is 1.68. The zero-order valence-corrected chi connectivity index (χ0v) is 22.6. The van der Waals surface area contributed by atoms with Crippen LogP contribution in [0.4, 0.5) is 0 Å². The Kier molecular flexibility index (Phi) is 4.94. The van der Waals surface area contributed by atoms with Gasteiger partial charge in [-0.25, -0.2) is 20.2 Å². The lowest BCUT2D eigenvalue weighted by atomic mass is 10.0. The molecular weight excluding hydrogens is 519 g/mol. The molecule has 0 radical (unpaired) electrons. The molecule has 0 bridgehead atoms. The van der Waals surface area contributed by atoms with E-state index in [4.69, 9.17) is 13.1 Å². The van der Waals surface area contributed by atoms with Crippen LogP contribution in [-0.2, 0) is 6.54 Å². The van der Waals surface area contributed by atoms with Crippen molar-refractivity contribution < 1.29 is 0 Å². The van der Waals surface area contributed by atoms with Gasteiger partial charge >= 0.3 is 0 Å². The van der Waals surface area contributed by atoms with Crippen molar-refractivity contribution in [1.82, 2.24) is 4.57 Å². The summed E-state index contributed by atoms with van der Waals surface area (Å²) in [7, 11) is 0. The molecule has 7 heteroatoms. The maximum Gasteiger partial charge on any atom is 0.271 e. The zero-order valence-electron chi connectivity index (χ0n) is 21.0. The highest BCUT2D eigenvalue weighted by atomic mass is 32.1. The van der Waals surface area contributed by atoms with Crippen molar-refractivity contribution in [3.05, 3.63) is 104 Å². The van der Waals surface area contributed by atoms with Gasteiger partial charge in [0.2, 0.25) is 0 Å². The molecule has 0 aliphatic heterocycles. The number of hydrogen-bond acceptors (Lipinski definition) is 4. The van der Waals surface area contributed by atoms with Crippen LogP contribution in [0, 0.1) is 41.7 Å². The summed E-state index contributed by atoms with van der Waals surface area (Å²) in [6.45, 7) is 20.6. The van der Waals surface area contributed by atoms with Gasteiger partial charge < -0.3 is 4.57 Å². The van der Waals surface area contributed by atoms with Crippen LogP contribution in [0.2, 0.25) is 0 Å². The molecule has 2 aliphatic carbocycles. The monoisotopic (exact) mass is 535 g/mol. The van der Waals surface area contributed by atoms with E-state index in [9.17, 15) is 10.5 Å². The number of thiophene rings is 2. The molecule has 5 nitrogen and oxygen atoms in total. The van der Waals surface area contributed by atoms with Gasteiger partial charge in [0.25, 0.3) is 11.4 Å². The van der Waals surface area contributed by atoms with E-state index < -0.39 is 0 Å². The van der Waals surface area contributed by atoms with Gasteiger partial charge in [-0.1, -0.05) is 62.4 Å². The minimum absolute atomic E-state index is 0.111. The Labute approximate surface area is 233 Å². The predicted octanol–water partition coefficient (Wildman–Crippen LogP) is 8.94. The summed E-state index contributed by atoms with van der Waals surface area (Å²) in [6.07, 6.45) is 0. The van der Waals surface area contributed by atoms with Crippen molar-refractivity contribution in [3.8, 4) is 34.4 Å². The van der Waals surface area contributed by atoms with Gasteiger partial charge in [-0.15, -0.1) is 22.7 Å². The fraction of sp³-hybridized carbons (Fsp3) is 0.125. The van der Waals surface area contributed by atoms with Gasteiger partial charge in [0.05, 0.1) is 45.7 Å². The lowest BCUT2D eigenvalue weighted by Crippen LogP contribution is -2.04. The standard InChI is InChI=1S/C32H17N5S2/c1-16(2)15-37-27-25-19-11-7-5-9-17(19)23(21(13-33)35-3)29(25)38-31(27)32-28(37)26-20-12-8-6-10-18(20)24(30(26)39-32)22(14-34)36-4/h5-12,16H,15H2,1-2H3/b23-21-,24-22+. The fourth-order valence-corrected chi connectivity index (χ4v) is 8.90. The third-order valence-electron chi connectivity index (χ3n) is 7.35. The molecule has 5 aromatic rings. The first kappa shape index (κ1) is 23.2. The van der Waals surface area contributed by atoms with E-state index in [1.807, 2.05) is 36.4 Å². The number of nitrogens with zero attached hydrogens (tertiary/aromatic N) is 5. The largest absolute Gasteiger partial charge is 0.338 e. The molecule has 0 fully saturated rings. The normalized spacial score (nSPS) is 15.3. The Bertz CT molecular complexity index is 1990. The number of nitriles is 2. The Hall–Kier alpha value is -4.92. The smallest absolute Gasteiger partial charge is 0.271 e. The van der Waals surface area contributed by atoms with E-state index in [1.54, 1.807) is 22.7 Å². The van der Waals surface area contributed by atoms with Crippen LogP contribution in [0.15, 0.2) is 59.9 Å². The fourth-order valence-electron chi connectivity index (χ4n) is 6.01. The minimum Gasteiger partial charge on any atom is -0.338 e. The average Bonchev–Trinajstić information content (AvgIpc) is 3.70. The third kappa shape index (κ3) is 2.89. The first-order valence-electron chi connectivity index (χ1n) is 12.4. The first-order chi connectivity index (χ1) is 19.0. The summed E-state index contributed by atoms with van der Waals surface area (Å²) in [5.41, 5.74) is 10.1. The summed E-state index contributed by atoms with van der Waals surface area (Å²) in [4.78, 5) is 9.13. The second kappa shape index (κ2) is 8.29. The molecule has 0 amide bonds. The van der Waals surface area contributed by atoms with Crippen LogP contribution in [0.5, 0.6) is 0 Å². The number of rotatable bonds is 2. The Morgan fingerprint density at radius 3 is 1.54 bits per heavy atom. The number of fused-ring (bicyclic) bond motifs is 11. The van der Waals surface area contributed by atoms with Crippen LogP contribution < -0.4 is 0 Å². The SMILES string of the molecule is [C-]#[N+]/C(C#N)=C1/c2ccccc2-c2c1sc1c3sc4c(c3n(CC(C)C)c21)-c1ccccc1/C4=C(/C#N)[N+]#[C-]. The van der Waals surface area contributed by atoms with Crippen molar-refractivity contribution in [2.24, 2.45) is 5.92 Å². The molecule has 3 aromatic heterocycles. The molecule has 0 spiro atoms. The first-order valence-corrected chi connectivity index (χ1v) is 14.0. The molecule has 0 unspecified atom stereocenters. The highest BCUT2D eigenvalue weighted by molar-refractivity contribution is 7.29. The zero-order chi connectivity index (χ0) is 27.0. The number of hydrogen-bond donors (Lipinski definition) is 0. The lowest BCUT2D eigenvalue weighted by Gasteiger charge is -2.12. The molecular formula is C32H17N5S2. The highest BCUT2D eigenvalue weighted by Gasteiger charge is 2.37. The molecule has 2 aliphatic rings. The second-order valence-electron chi connectivity index (χ2n) is 9.96. The summed E-state index contributed by atoms with van der Waals surface area (Å²) in [6, 6.07) is 20.4. The van der Waals surface area contributed by atoms with Gasteiger partial charge in [-0.05, 0) is 28.2 Å². The van der Waals surface area contributed by atoms with E-state index in [1.165, 1.54) is 0 Å². The molecule has 182 valence electrons. The average molecular weight is 536 g/mol. The van der Waals surface area contributed by atoms with Gasteiger partial charge in [0.15, 0.2) is 0 Å². The lowest BCUT2D eigenvalue weighted by molar-refractivity contribution is 0.546. The van der Waals surface area contributed by atoms with E-state index in [2.05, 4.69) is 52.4 Å². The molecule has 3 heterocycles. The second-order valence-corrected chi connectivity index (χ2v) is 12.0. The quantitative estimate of drug-likeness (QED) is 0.164. The maximum absolute atomic E-state index is 9.83. The van der Waals surface area contributed by atoms with Gasteiger partial charge in [0.1, 0.15) is 0 Å². The maximum atomic E-state index is 9.83. The Morgan fingerprint density at radius 1 is 0.769 bits per heavy atom. The van der Waals surface area contributed by atoms with E-state index >= 15 is 0 Å². The molecule has 0 saturated heterocycles. The van der Waals surface area contributed by atoms with Crippen LogP contribution in [0.1, 0.15) is 34.7 Å². The topological polar surface area (TPSA) is 61.2 Å². The molecule has 7 rings (SSSR count). The summed E-state index contributed by atoms with van der Waals surface area (Å²) < 4.78 is 4.66. The number of allylic oxidation sites excluding steroid dienone is 2. The molecule has 0 saturated carbocycles. The van der Waals surface area contributed by atoms with E-state index in [-0.39, 0.29) is 11.4 Å². The predicted molar refractivity (Wildman–Crippen MR) is 157 cm³/mol. The van der Waals surface area contributed by atoms with Crippen molar-refractivity contribution in [2.45, 2.75) is 20.4 Å². The van der Waals surface area contributed by atoms with Crippen LogP contribution in [-0.4, -0.2) is 4.57 Å². The van der Waals surface area contributed by atoms with Gasteiger partial charge in [-0.2, -0.15) is 0 Å². The van der Waals surface area contributed by atoms with Crippen LogP contribution >= 0.6 is 22.7 Å². The molecule has 0 atom stereocenters. The number of benzene rings is 2. The van der Waals surface area contributed by atoms with E-state index in [0.717, 1.165) is 81.3 Å². The number of aromatic nitrogens is 1. The van der Waals surface area contributed by atoms with Crippen LogP contribution in [0.3, 0.4) is 0 Å². The molecule has 39 heavy (non-hydrogen) atoms. The minimum atomic E-state index is 0.111. The Morgan fingerprint density at radius 2 is 1.18 bits per heavy atom. The van der Waals surface area contributed by atoms with E-state index in [0.29, 0.717) is 5.92 Å². The van der Waals surface area contributed by atoms with Crippen molar-refractivity contribution in [1.29, 1.82) is 10.5 Å². The summed E-state index contributed by atoms with van der Waals surface area (Å²) >= 11 is 3.28. The van der Waals surface area contributed by atoms with Crippen molar-refractivity contribution in [2.75, 3.05) is 0 Å². The summed E-state index contributed by atoms with van der Waals surface area (Å²) in [5.74, 6) is 0.365. The highest BCUT2D eigenvalue weighted by Crippen LogP contribution is 2.60. The molecule has 2 aromatic carbocycles. The van der Waals surface area contributed by atoms with Crippen LogP contribution in [0.25, 0.3) is 63.5 Å². The molecule has 0 N–H and O–H groups in total. The summed E-state index contributed by atoms with van der Waals surface area (Å²) in [5, 5.41) is 19.7. The third-order valence-corrected chi connectivity index (χ3v) is 9.91. The van der Waals surface area contributed by atoms with Crippen molar-refractivity contribution >= 4 is 54.3 Å².